The zero-order chi connectivity index (χ0) is 29.5. The van der Waals surface area contributed by atoms with E-state index in [1.165, 1.54) is 12.4 Å². The zero-order valence-corrected chi connectivity index (χ0v) is 24.5. The maximum Gasteiger partial charge on any atom is 0.247 e. The van der Waals surface area contributed by atoms with Gasteiger partial charge in [0.25, 0.3) is 0 Å². The van der Waals surface area contributed by atoms with E-state index in [1.807, 2.05) is 12.1 Å². The Labute approximate surface area is 244 Å². The molecule has 224 valence electrons. The third kappa shape index (κ3) is 5.35. The predicted octanol–water partition coefficient (Wildman–Crippen LogP) is 0.943. The number of carbonyl (C=O) groups excluding carboxylic acids is 1. The average molecular weight is 598 g/mol. The van der Waals surface area contributed by atoms with Gasteiger partial charge in [-0.2, -0.15) is 9.40 Å². The van der Waals surface area contributed by atoms with Gasteiger partial charge in [0.2, 0.25) is 21.8 Å². The number of methoxy groups -OCH3 is 1. The summed E-state index contributed by atoms with van der Waals surface area (Å²) >= 11 is 0. The Bertz CT molecular complexity index is 1570. The Morgan fingerprint density at radius 1 is 1.19 bits per heavy atom. The first kappa shape index (κ1) is 28.5. The number of ether oxygens (including phenoxy) is 2. The number of rotatable bonds is 4. The smallest absolute Gasteiger partial charge is 0.247 e. The Morgan fingerprint density at radius 3 is 2.74 bits per heavy atom. The van der Waals surface area contributed by atoms with E-state index < -0.39 is 33.6 Å². The fraction of sp³-hybridized carbons (Fsp3) is 0.500. The SMILES string of the molecule is COc1ncccc1CN1CCC2(CCOc3cc(-c4ncnn4C)ccc3S(=O)(=O)N3C[C@H](O)C[C@H]3C(=O)N2)CC1. The van der Waals surface area contributed by atoms with Crippen molar-refractivity contribution < 1.29 is 27.8 Å². The number of nitrogens with zero attached hydrogens (tertiary/aromatic N) is 6. The molecule has 3 aromatic rings. The first-order valence-electron chi connectivity index (χ1n) is 14.0. The number of amides is 1. The second-order valence-corrected chi connectivity index (χ2v) is 13.0. The number of aromatic nitrogens is 4. The molecule has 2 aromatic heterocycles. The second-order valence-electron chi connectivity index (χ2n) is 11.2. The zero-order valence-electron chi connectivity index (χ0n) is 23.6. The van der Waals surface area contributed by atoms with Crippen LogP contribution in [0, 0.1) is 0 Å². The summed E-state index contributed by atoms with van der Waals surface area (Å²) < 4.78 is 42.2. The summed E-state index contributed by atoms with van der Waals surface area (Å²) in [6, 6.07) is 7.64. The van der Waals surface area contributed by atoms with E-state index in [0.717, 1.165) is 9.87 Å². The van der Waals surface area contributed by atoms with Gasteiger partial charge in [-0.3, -0.25) is 9.69 Å². The van der Waals surface area contributed by atoms with E-state index in [1.54, 1.807) is 37.2 Å². The van der Waals surface area contributed by atoms with Crippen LogP contribution in [0.5, 0.6) is 11.6 Å². The van der Waals surface area contributed by atoms with Crippen molar-refractivity contribution >= 4 is 15.9 Å². The van der Waals surface area contributed by atoms with Gasteiger partial charge in [-0.25, -0.2) is 23.1 Å². The highest BCUT2D eigenvalue weighted by molar-refractivity contribution is 7.89. The minimum absolute atomic E-state index is 0.0291. The molecule has 2 fully saturated rings. The highest BCUT2D eigenvalue weighted by Crippen LogP contribution is 2.37. The van der Waals surface area contributed by atoms with Crippen molar-refractivity contribution in [3.63, 3.8) is 0 Å². The molecule has 0 bridgehead atoms. The fourth-order valence-electron chi connectivity index (χ4n) is 6.19. The van der Waals surface area contributed by atoms with Crippen LogP contribution in [-0.4, -0.2) is 99.4 Å². The molecule has 3 aliphatic rings. The molecule has 14 heteroatoms. The van der Waals surface area contributed by atoms with Gasteiger partial charge in [0, 0.05) is 68.9 Å². The number of piperidine rings is 1. The maximum atomic E-state index is 13.9. The Balaban J connectivity index is 1.30. The molecular formula is C28H35N7O6S. The van der Waals surface area contributed by atoms with Gasteiger partial charge in [0.05, 0.1) is 19.8 Å². The number of aliphatic hydroxyl groups excluding tert-OH is 1. The molecule has 0 unspecified atom stereocenters. The fourth-order valence-corrected chi connectivity index (χ4v) is 7.94. The molecule has 13 nitrogen and oxygen atoms in total. The van der Waals surface area contributed by atoms with Crippen LogP contribution < -0.4 is 14.8 Å². The van der Waals surface area contributed by atoms with Crippen molar-refractivity contribution in [2.75, 3.05) is 33.4 Å². The summed E-state index contributed by atoms with van der Waals surface area (Å²) in [7, 11) is -0.812. The number of aryl methyl sites for hydroxylation is 1. The number of likely N-dealkylation sites (tertiary alicyclic amines) is 1. The lowest BCUT2D eigenvalue weighted by atomic mass is 9.84. The van der Waals surface area contributed by atoms with E-state index in [2.05, 4.69) is 25.3 Å². The van der Waals surface area contributed by atoms with Crippen molar-refractivity contribution in [3.8, 4) is 23.0 Å². The van der Waals surface area contributed by atoms with E-state index in [9.17, 15) is 18.3 Å². The average Bonchev–Trinajstić information content (AvgIpc) is 3.60. The number of nitrogens with one attached hydrogen (secondary N) is 1. The van der Waals surface area contributed by atoms with Crippen LogP contribution in [0.4, 0.5) is 0 Å². The van der Waals surface area contributed by atoms with Gasteiger partial charge in [0.1, 0.15) is 23.0 Å². The molecule has 3 aliphatic heterocycles. The molecule has 2 atom stereocenters. The number of sulfonamides is 1. The molecule has 2 N–H and O–H groups in total. The van der Waals surface area contributed by atoms with Crippen molar-refractivity contribution in [2.45, 2.75) is 54.8 Å². The number of hydrogen-bond donors (Lipinski definition) is 2. The van der Waals surface area contributed by atoms with Crippen LogP contribution in [0.25, 0.3) is 11.4 Å². The lowest BCUT2D eigenvalue weighted by Crippen LogP contribution is -2.59. The third-order valence-electron chi connectivity index (χ3n) is 8.51. The minimum Gasteiger partial charge on any atom is -0.492 e. The molecule has 1 amide bonds. The van der Waals surface area contributed by atoms with Gasteiger partial charge in [-0.05, 0) is 37.1 Å². The highest BCUT2D eigenvalue weighted by atomic mass is 32.2. The Kier molecular flexibility index (Phi) is 7.64. The molecule has 0 radical (unpaired) electrons. The minimum atomic E-state index is -4.17. The van der Waals surface area contributed by atoms with Gasteiger partial charge in [0.15, 0.2) is 5.82 Å². The second kappa shape index (κ2) is 11.2. The standard InChI is InChI=1S/C28H35N7O6S/c1-33-25(30-18-31-33)19-5-6-24-23(14-19)41-13-9-28(32-26(37)22-15-21(36)17-35(22)42(24,38)39)7-11-34(12-8-28)16-20-4-3-10-29-27(20)40-2/h3-6,10,14,18,21-22,36H,7-9,11-13,15-17H2,1-2H3,(H,32,37)/t21-,22+/m1/s1. The molecule has 6 rings (SSSR count). The maximum absolute atomic E-state index is 13.9. The van der Waals surface area contributed by atoms with Crippen molar-refractivity contribution in [1.29, 1.82) is 0 Å². The number of fused-ring (bicyclic) bond motifs is 2. The lowest BCUT2D eigenvalue weighted by molar-refractivity contribution is -0.127. The number of pyridine rings is 1. The largest absolute Gasteiger partial charge is 0.492 e. The number of hydrogen-bond acceptors (Lipinski definition) is 10. The summed E-state index contributed by atoms with van der Waals surface area (Å²) in [5.41, 5.74) is 1.04. The van der Waals surface area contributed by atoms with E-state index >= 15 is 0 Å². The van der Waals surface area contributed by atoms with E-state index in [0.29, 0.717) is 56.2 Å². The summed E-state index contributed by atoms with van der Waals surface area (Å²) in [5.74, 6) is 0.946. The molecule has 42 heavy (non-hydrogen) atoms. The van der Waals surface area contributed by atoms with Crippen molar-refractivity contribution in [2.24, 2.45) is 7.05 Å². The molecule has 1 aromatic carbocycles. The van der Waals surface area contributed by atoms with Crippen LogP contribution in [-0.2, 0) is 28.4 Å². The van der Waals surface area contributed by atoms with Crippen LogP contribution in [0.15, 0.2) is 47.8 Å². The molecule has 0 saturated carbocycles. The monoisotopic (exact) mass is 597 g/mol. The van der Waals surface area contributed by atoms with Crippen LogP contribution >= 0.6 is 0 Å². The molecule has 5 heterocycles. The van der Waals surface area contributed by atoms with Gasteiger partial charge in [-0.1, -0.05) is 6.07 Å². The highest BCUT2D eigenvalue weighted by Gasteiger charge is 2.47. The van der Waals surface area contributed by atoms with Gasteiger partial charge in [-0.15, -0.1) is 0 Å². The lowest BCUT2D eigenvalue weighted by Gasteiger charge is -2.43. The van der Waals surface area contributed by atoms with Gasteiger partial charge < -0.3 is 19.9 Å². The number of carbonyl (C=O) groups is 1. The normalized spacial score (nSPS) is 24.2. The van der Waals surface area contributed by atoms with Crippen molar-refractivity contribution in [1.82, 2.24) is 34.3 Å². The molecule has 0 aliphatic carbocycles. The van der Waals surface area contributed by atoms with Crippen LogP contribution in [0.1, 0.15) is 31.2 Å². The Morgan fingerprint density at radius 2 is 2.00 bits per heavy atom. The van der Waals surface area contributed by atoms with Gasteiger partial charge >= 0.3 is 0 Å². The van der Waals surface area contributed by atoms with Crippen LogP contribution in [0.2, 0.25) is 0 Å². The van der Waals surface area contributed by atoms with Crippen LogP contribution in [0.3, 0.4) is 0 Å². The van der Waals surface area contributed by atoms with Crippen molar-refractivity contribution in [3.05, 3.63) is 48.4 Å². The quantitative estimate of drug-likeness (QED) is 0.445. The topological polar surface area (TPSA) is 152 Å². The molecular weight excluding hydrogens is 562 g/mol. The summed E-state index contributed by atoms with van der Waals surface area (Å²) in [6.07, 6.45) is 4.00. The predicted molar refractivity (Wildman–Crippen MR) is 151 cm³/mol. The summed E-state index contributed by atoms with van der Waals surface area (Å²) in [5, 5.41) is 17.8. The van der Waals surface area contributed by atoms with E-state index in [4.69, 9.17) is 9.47 Å². The first-order valence-corrected chi connectivity index (χ1v) is 15.5. The number of aliphatic hydroxyl groups is 1. The number of benzene rings is 1. The summed E-state index contributed by atoms with van der Waals surface area (Å²) in [4.78, 5) is 24.5. The Hall–Kier alpha value is -3.59. The molecule has 2 saturated heterocycles. The summed E-state index contributed by atoms with van der Waals surface area (Å²) in [6.45, 7) is 2.12. The van der Waals surface area contributed by atoms with E-state index in [-0.39, 0.29) is 30.2 Å². The first-order chi connectivity index (χ1) is 20.2. The molecule has 1 spiro atoms. The third-order valence-corrected chi connectivity index (χ3v) is 10.4.